The molecule has 1 aromatic heterocycles. The number of hydrogen-bond acceptors (Lipinski definition) is 5. The van der Waals surface area contributed by atoms with E-state index in [2.05, 4.69) is 15.6 Å². The van der Waals surface area contributed by atoms with E-state index in [-0.39, 0.29) is 12.3 Å². The third-order valence-corrected chi connectivity index (χ3v) is 5.19. The number of carbonyl (C=O) groups is 3. The Hall–Kier alpha value is -3.78. The van der Waals surface area contributed by atoms with Crippen LogP contribution in [-0.4, -0.2) is 35.2 Å². The van der Waals surface area contributed by atoms with Gasteiger partial charge in [-0.2, -0.15) is 0 Å². The fourth-order valence-electron chi connectivity index (χ4n) is 2.80. The standard InChI is InChI=1S/C23H22N4O3S/c28-16-24-23-26-21(15-31-23)14-22(30)25-20-8-6-19(7-9-20)11-13-27(17-29)12-10-18-4-2-1-3-5-18/h1-10,12,15-17H,11,13-14H2,(H,25,30)(H,24,26,28)/b12-10+. The third-order valence-electron chi connectivity index (χ3n) is 4.37. The summed E-state index contributed by atoms with van der Waals surface area (Å²) < 4.78 is 0. The molecule has 0 atom stereocenters. The lowest BCUT2D eigenvalue weighted by atomic mass is 10.1. The minimum Gasteiger partial charge on any atom is -0.326 e. The molecule has 0 aliphatic heterocycles. The highest BCUT2D eigenvalue weighted by molar-refractivity contribution is 7.13. The number of rotatable bonds is 11. The van der Waals surface area contributed by atoms with Gasteiger partial charge in [-0.05, 0) is 35.8 Å². The highest BCUT2D eigenvalue weighted by atomic mass is 32.1. The molecule has 8 heteroatoms. The smallest absolute Gasteiger partial charge is 0.230 e. The molecule has 0 aliphatic carbocycles. The Bertz CT molecular complexity index is 1030. The fourth-order valence-corrected chi connectivity index (χ4v) is 3.47. The highest BCUT2D eigenvalue weighted by Crippen LogP contribution is 2.16. The second-order valence-electron chi connectivity index (χ2n) is 6.65. The van der Waals surface area contributed by atoms with Crippen molar-refractivity contribution >= 4 is 47.0 Å². The number of hydrogen-bond donors (Lipinski definition) is 2. The van der Waals surface area contributed by atoms with Gasteiger partial charge in [0.1, 0.15) is 0 Å². The molecule has 3 aromatic rings. The van der Waals surface area contributed by atoms with Gasteiger partial charge < -0.3 is 15.5 Å². The lowest BCUT2D eigenvalue weighted by Crippen LogP contribution is -2.18. The van der Waals surface area contributed by atoms with E-state index >= 15 is 0 Å². The van der Waals surface area contributed by atoms with E-state index < -0.39 is 0 Å². The van der Waals surface area contributed by atoms with Crippen LogP contribution in [0.4, 0.5) is 10.8 Å². The Labute approximate surface area is 184 Å². The first-order valence-corrected chi connectivity index (χ1v) is 10.5. The fraction of sp³-hybridized carbons (Fsp3) is 0.130. The summed E-state index contributed by atoms with van der Waals surface area (Å²) in [4.78, 5) is 39.7. The molecule has 0 aliphatic rings. The van der Waals surface area contributed by atoms with Gasteiger partial charge in [0, 0.05) is 23.8 Å². The van der Waals surface area contributed by atoms with Crippen molar-refractivity contribution < 1.29 is 14.4 Å². The van der Waals surface area contributed by atoms with Crippen molar-refractivity contribution in [1.82, 2.24) is 9.88 Å². The van der Waals surface area contributed by atoms with Crippen molar-refractivity contribution in [2.45, 2.75) is 12.8 Å². The summed E-state index contributed by atoms with van der Waals surface area (Å²) in [6, 6.07) is 17.3. The third kappa shape index (κ3) is 7.20. The number of nitrogens with zero attached hydrogens (tertiary/aromatic N) is 2. The first kappa shape index (κ1) is 21.9. The number of thiazole rings is 1. The molecular weight excluding hydrogens is 412 g/mol. The number of benzene rings is 2. The first-order chi connectivity index (χ1) is 15.2. The Morgan fingerprint density at radius 3 is 2.55 bits per heavy atom. The molecule has 0 saturated heterocycles. The van der Waals surface area contributed by atoms with Crippen molar-refractivity contribution in [3.63, 3.8) is 0 Å². The summed E-state index contributed by atoms with van der Waals surface area (Å²) in [5.41, 5.74) is 3.37. The number of amides is 3. The maximum absolute atomic E-state index is 12.2. The molecule has 0 bridgehead atoms. The summed E-state index contributed by atoms with van der Waals surface area (Å²) >= 11 is 1.27. The van der Waals surface area contributed by atoms with Gasteiger partial charge in [0.2, 0.25) is 18.7 Å². The van der Waals surface area contributed by atoms with Crippen LogP contribution < -0.4 is 10.6 Å². The molecule has 7 nitrogen and oxygen atoms in total. The van der Waals surface area contributed by atoms with E-state index in [4.69, 9.17) is 0 Å². The van der Waals surface area contributed by atoms with Crippen LogP contribution in [0.1, 0.15) is 16.8 Å². The normalized spacial score (nSPS) is 10.6. The van der Waals surface area contributed by atoms with Gasteiger partial charge in [0.05, 0.1) is 12.1 Å². The Balaban J connectivity index is 1.47. The molecule has 158 valence electrons. The molecule has 0 fully saturated rings. The second-order valence-corrected chi connectivity index (χ2v) is 7.51. The molecule has 2 N–H and O–H groups in total. The van der Waals surface area contributed by atoms with E-state index in [1.807, 2.05) is 60.7 Å². The summed E-state index contributed by atoms with van der Waals surface area (Å²) in [5, 5.41) is 7.49. The number of aromatic nitrogens is 1. The van der Waals surface area contributed by atoms with E-state index in [1.54, 1.807) is 16.5 Å². The minimum absolute atomic E-state index is 0.126. The summed E-state index contributed by atoms with van der Waals surface area (Å²) in [6.45, 7) is 0.555. The van der Waals surface area contributed by atoms with Gasteiger partial charge >= 0.3 is 0 Å². The second kappa shape index (κ2) is 11.4. The molecule has 0 unspecified atom stereocenters. The van der Waals surface area contributed by atoms with E-state index in [0.717, 1.165) is 17.5 Å². The van der Waals surface area contributed by atoms with Gasteiger partial charge in [-0.15, -0.1) is 11.3 Å². The molecule has 2 aromatic carbocycles. The molecule has 0 saturated carbocycles. The largest absolute Gasteiger partial charge is 0.326 e. The number of nitrogens with one attached hydrogen (secondary N) is 2. The summed E-state index contributed by atoms with van der Waals surface area (Å²) in [5.74, 6) is -0.186. The predicted octanol–water partition coefficient (Wildman–Crippen LogP) is 3.56. The molecule has 0 radical (unpaired) electrons. The lowest BCUT2D eigenvalue weighted by Gasteiger charge is -2.12. The predicted molar refractivity (Wildman–Crippen MR) is 123 cm³/mol. The van der Waals surface area contributed by atoms with Crippen LogP contribution in [-0.2, 0) is 27.2 Å². The molecule has 1 heterocycles. The van der Waals surface area contributed by atoms with Gasteiger partial charge in [0.15, 0.2) is 5.13 Å². The van der Waals surface area contributed by atoms with Crippen molar-refractivity contribution in [2.75, 3.05) is 17.2 Å². The Morgan fingerprint density at radius 2 is 1.84 bits per heavy atom. The van der Waals surface area contributed by atoms with Crippen LogP contribution in [0, 0.1) is 0 Å². The number of anilines is 2. The zero-order valence-electron chi connectivity index (χ0n) is 16.7. The van der Waals surface area contributed by atoms with Gasteiger partial charge in [0.25, 0.3) is 0 Å². The molecule has 3 rings (SSSR count). The number of carbonyl (C=O) groups excluding carboxylic acids is 3. The van der Waals surface area contributed by atoms with Crippen LogP contribution in [0.5, 0.6) is 0 Å². The average molecular weight is 435 g/mol. The molecule has 31 heavy (non-hydrogen) atoms. The average Bonchev–Trinajstić information content (AvgIpc) is 3.22. The topological polar surface area (TPSA) is 91.4 Å². The monoisotopic (exact) mass is 434 g/mol. The van der Waals surface area contributed by atoms with Gasteiger partial charge in [-0.1, -0.05) is 42.5 Å². The van der Waals surface area contributed by atoms with Crippen LogP contribution in [0.2, 0.25) is 0 Å². The molecule has 0 spiro atoms. The van der Waals surface area contributed by atoms with Gasteiger partial charge in [-0.25, -0.2) is 4.98 Å². The quantitative estimate of drug-likeness (QED) is 0.452. The van der Waals surface area contributed by atoms with Crippen molar-refractivity contribution in [3.05, 3.63) is 83.0 Å². The van der Waals surface area contributed by atoms with Gasteiger partial charge in [-0.3, -0.25) is 14.4 Å². The van der Waals surface area contributed by atoms with Crippen LogP contribution in [0.15, 0.2) is 66.2 Å². The summed E-state index contributed by atoms with van der Waals surface area (Å²) in [7, 11) is 0. The minimum atomic E-state index is -0.186. The zero-order valence-corrected chi connectivity index (χ0v) is 17.5. The van der Waals surface area contributed by atoms with Crippen molar-refractivity contribution in [3.8, 4) is 0 Å². The maximum Gasteiger partial charge on any atom is 0.230 e. The Kier molecular flexibility index (Phi) is 8.07. The van der Waals surface area contributed by atoms with Crippen LogP contribution in [0.3, 0.4) is 0 Å². The van der Waals surface area contributed by atoms with Crippen LogP contribution in [0.25, 0.3) is 6.08 Å². The highest BCUT2D eigenvalue weighted by Gasteiger charge is 2.08. The maximum atomic E-state index is 12.2. The van der Waals surface area contributed by atoms with Crippen LogP contribution >= 0.6 is 11.3 Å². The molecular formula is C23H22N4O3S. The molecule has 3 amide bonds. The van der Waals surface area contributed by atoms with E-state index in [0.29, 0.717) is 35.9 Å². The van der Waals surface area contributed by atoms with E-state index in [9.17, 15) is 14.4 Å². The Morgan fingerprint density at radius 1 is 1.06 bits per heavy atom. The summed E-state index contributed by atoms with van der Waals surface area (Å²) in [6.07, 6.45) is 5.84. The first-order valence-electron chi connectivity index (χ1n) is 9.64. The lowest BCUT2D eigenvalue weighted by molar-refractivity contribution is -0.116. The zero-order chi connectivity index (χ0) is 21.9. The SMILES string of the molecule is O=CNc1nc(CC(=O)Nc2ccc(CCN(C=O)/C=C/c3ccccc3)cc2)cs1. The van der Waals surface area contributed by atoms with E-state index in [1.165, 1.54) is 11.3 Å². The van der Waals surface area contributed by atoms with Crippen molar-refractivity contribution in [2.24, 2.45) is 0 Å². The van der Waals surface area contributed by atoms with Crippen molar-refractivity contribution in [1.29, 1.82) is 0 Å².